The van der Waals surface area contributed by atoms with Gasteiger partial charge in [0.1, 0.15) is 0 Å². The zero-order valence-corrected chi connectivity index (χ0v) is 15.6. The minimum Gasteiger partial charge on any atom is -0.450 e. The summed E-state index contributed by atoms with van der Waals surface area (Å²) in [4.78, 5) is 13.1. The van der Waals surface area contributed by atoms with Crippen molar-refractivity contribution in [2.24, 2.45) is 0 Å². The molecule has 9 nitrogen and oxygen atoms in total. The van der Waals surface area contributed by atoms with Crippen LogP contribution in [0.3, 0.4) is 0 Å². The molecule has 0 aromatic rings. The van der Waals surface area contributed by atoms with Crippen molar-refractivity contribution >= 4 is 16.3 Å². The molecule has 10 heteroatoms. The van der Waals surface area contributed by atoms with Gasteiger partial charge >= 0.3 is 6.09 Å². The maximum atomic E-state index is 12.2. The molecule has 0 aromatic carbocycles. The van der Waals surface area contributed by atoms with E-state index in [9.17, 15) is 13.2 Å². The molecule has 2 aliphatic heterocycles. The lowest BCUT2D eigenvalue weighted by molar-refractivity contribution is 0.0169. The second kappa shape index (κ2) is 10.3. The van der Waals surface area contributed by atoms with Crippen molar-refractivity contribution in [3.05, 3.63) is 0 Å². The van der Waals surface area contributed by atoms with Crippen molar-refractivity contribution in [1.82, 2.24) is 13.9 Å². The number of carbonyl (C=O) groups excluding carboxylic acids is 1. The molecule has 1 amide bonds. The SMILES string of the molecule is CCOC(=O)N1CCN(S(=O)(=O)NCCCOCC2CCCO2)CC1. The van der Waals surface area contributed by atoms with E-state index in [1.54, 1.807) is 6.92 Å². The van der Waals surface area contributed by atoms with Crippen molar-refractivity contribution in [3.63, 3.8) is 0 Å². The summed E-state index contributed by atoms with van der Waals surface area (Å²) in [5.41, 5.74) is 0. The van der Waals surface area contributed by atoms with Crippen LogP contribution in [0.5, 0.6) is 0 Å². The highest BCUT2D eigenvalue weighted by Gasteiger charge is 2.28. The summed E-state index contributed by atoms with van der Waals surface area (Å²) in [5.74, 6) is 0. The lowest BCUT2D eigenvalue weighted by Gasteiger charge is -2.33. The van der Waals surface area contributed by atoms with Crippen molar-refractivity contribution in [2.45, 2.75) is 32.3 Å². The van der Waals surface area contributed by atoms with Crippen LogP contribution in [0, 0.1) is 0 Å². The van der Waals surface area contributed by atoms with Gasteiger partial charge in [0.05, 0.1) is 19.3 Å². The van der Waals surface area contributed by atoms with E-state index >= 15 is 0 Å². The number of hydrogen-bond acceptors (Lipinski definition) is 6. The van der Waals surface area contributed by atoms with E-state index in [1.165, 1.54) is 9.21 Å². The summed E-state index contributed by atoms with van der Waals surface area (Å²) in [7, 11) is -3.52. The molecule has 2 aliphatic rings. The van der Waals surface area contributed by atoms with E-state index in [-0.39, 0.29) is 19.2 Å². The van der Waals surface area contributed by atoms with Crippen LogP contribution in [-0.2, 0) is 24.4 Å². The molecule has 0 saturated carbocycles. The first-order valence-electron chi connectivity index (χ1n) is 8.88. The fraction of sp³-hybridized carbons (Fsp3) is 0.933. The summed E-state index contributed by atoms with van der Waals surface area (Å²) in [5, 5.41) is 0. The summed E-state index contributed by atoms with van der Waals surface area (Å²) < 4.78 is 44.3. The van der Waals surface area contributed by atoms with E-state index in [2.05, 4.69) is 4.72 Å². The third-order valence-electron chi connectivity index (χ3n) is 4.18. The second-order valence-corrected chi connectivity index (χ2v) is 7.80. The minimum atomic E-state index is -3.52. The monoisotopic (exact) mass is 379 g/mol. The summed E-state index contributed by atoms with van der Waals surface area (Å²) in [6, 6.07) is 0. The van der Waals surface area contributed by atoms with Gasteiger partial charge in [-0.15, -0.1) is 0 Å². The summed E-state index contributed by atoms with van der Waals surface area (Å²) in [6.07, 6.45) is 2.51. The van der Waals surface area contributed by atoms with Crippen LogP contribution >= 0.6 is 0 Å². The number of nitrogens with zero attached hydrogens (tertiary/aromatic N) is 2. The average Bonchev–Trinajstić information content (AvgIpc) is 3.12. The molecule has 0 aromatic heterocycles. The van der Waals surface area contributed by atoms with Crippen LogP contribution < -0.4 is 4.72 Å². The Bertz CT molecular complexity index is 501. The molecule has 2 fully saturated rings. The minimum absolute atomic E-state index is 0.187. The summed E-state index contributed by atoms with van der Waals surface area (Å²) >= 11 is 0. The quantitative estimate of drug-likeness (QED) is 0.574. The number of piperazine rings is 1. The predicted molar refractivity (Wildman–Crippen MR) is 91.5 cm³/mol. The van der Waals surface area contributed by atoms with Crippen LogP contribution in [0.4, 0.5) is 4.79 Å². The van der Waals surface area contributed by atoms with Crippen molar-refractivity contribution < 1.29 is 27.4 Å². The van der Waals surface area contributed by atoms with Gasteiger partial charge in [0.25, 0.3) is 10.2 Å². The Morgan fingerprint density at radius 3 is 2.68 bits per heavy atom. The van der Waals surface area contributed by atoms with E-state index in [0.29, 0.717) is 45.9 Å². The zero-order valence-electron chi connectivity index (χ0n) is 14.8. The van der Waals surface area contributed by atoms with Crippen molar-refractivity contribution in [2.75, 3.05) is 59.2 Å². The molecule has 146 valence electrons. The number of hydrogen-bond donors (Lipinski definition) is 1. The largest absolute Gasteiger partial charge is 0.450 e. The molecule has 2 heterocycles. The van der Waals surface area contributed by atoms with Gasteiger partial charge in [-0.25, -0.2) is 9.52 Å². The van der Waals surface area contributed by atoms with Gasteiger partial charge < -0.3 is 19.1 Å². The first kappa shape index (κ1) is 20.4. The molecule has 1 atom stereocenters. The lowest BCUT2D eigenvalue weighted by Crippen LogP contribution is -2.53. The van der Waals surface area contributed by atoms with E-state index in [4.69, 9.17) is 14.2 Å². The maximum Gasteiger partial charge on any atom is 0.409 e. The highest BCUT2D eigenvalue weighted by Crippen LogP contribution is 2.12. The normalized spacial score (nSPS) is 22.3. The van der Waals surface area contributed by atoms with Gasteiger partial charge in [-0.2, -0.15) is 12.7 Å². The lowest BCUT2D eigenvalue weighted by atomic mass is 10.2. The summed E-state index contributed by atoms with van der Waals surface area (Å²) in [6.45, 7) is 5.47. The van der Waals surface area contributed by atoms with Gasteiger partial charge in [0.2, 0.25) is 0 Å². The Morgan fingerprint density at radius 1 is 1.28 bits per heavy atom. The number of ether oxygens (including phenoxy) is 3. The molecule has 0 radical (unpaired) electrons. The highest BCUT2D eigenvalue weighted by atomic mass is 32.2. The number of carbonyl (C=O) groups is 1. The third kappa shape index (κ3) is 6.70. The third-order valence-corrected chi connectivity index (χ3v) is 5.80. The number of amides is 1. The number of nitrogens with one attached hydrogen (secondary N) is 1. The molecule has 1 N–H and O–H groups in total. The first-order chi connectivity index (χ1) is 12.0. The van der Waals surface area contributed by atoms with Crippen LogP contribution in [0.2, 0.25) is 0 Å². The van der Waals surface area contributed by atoms with Gasteiger partial charge in [-0.1, -0.05) is 0 Å². The predicted octanol–water partition coefficient (Wildman–Crippen LogP) is 0.181. The van der Waals surface area contributed by atoms with E-state index < -0.39 is 16.3 Å². The van der Waals surface area contributed by atoms with Crippen molar-refractivity contribution in [3.8, 4) is 0 Å². The standard InChI is InChI=1S/C15H29N3O6S/c1-2-23-15(19)17-7-9-18(10-8-17)25(20,21)16-6-4-11-22-13-14-5-3-12-24-14/h14,16H,2-13H2,1H3. The average molecular weight is 379 g/mol. The number of rotatable bonds is 9. The molecule has 25 heavy (non-hydrogen) atoms. The Labute approximate surface area is 149 Å². The molecule has 0 spiro atoms. The van der Waals surface area contributed by atoms with Gasteiger partial charge in [-0.3, -0.25) is 0 Å². The molecule has 0 bridgehead atoms. The Morgan fingerprint density at radius 2 is 2.04 bits per heavy atom. The Kier molecular flexibility index (Phi) is 8.37. The topological polar surface area (TPSA) is 97.4 Å². The second-order valence-electron chi connectivity index (χ2n) is 6.05. The Balaban J connectivity index is 1.58. The van der Waals surface area contributed by atoms with Crippen LogP contribution in [0.25, 0.3) is 0 Å². The fourth-order valence-electron chi connectivity index (χ4n) is 2.78. The molecular weight excluding hydrogens is 350 g/mol. The zero-order chi connectivity index (χ0) is 18.1. The first-order valence-corrected chi connectivity index (χ1v) is 10.3. The maximum absolute atomic E-state index is 12.2. The van der Waals surface area contributed by atoms with Crippen LogP contribution in [0.1, 0.15) is 26.2 Å². The molecule has 2 rings (SSSR count). The highest BCUT2D eigenvalue weighted by molar-refractivity contribution is 7.87. The fourth-order valence-corrected chi connectivity index (χ4v) is 4.01. The van der Waals surface area contributed by atoms with E-state index in [1.807, 2.05) is 0 Å². The van der Waals surface area contributed by atoms with Crippen LogP contribution in [0.15, 0.2) is 0 Å². The molecule has 2 saturated heterocycles. The van der Waals surface area contributed by atoms with Gasteiger partial charge in [0.15, 0.2) is 0 Å². The molecular formula is C15H29N3O6S. The van der Waals surface area contributed by atoms with Crippen LogP contribution in [-0.4, -0.2) is 89.0 Å². The van der Waals surface area contributed by atoms with Gasteiger partial charge in [0, 0.05) is 45.9 Å². The van der Waals surface area contributed by atoms with Crippen molar-refractivity contribution in [1.29, 1.82) is 0 Å². The smallest absolute Gasteiger partial charge is 0.409 e. The van der Waals surface area contributed by atoms with Gasteiger partial charge in [-0.05, 0) is 26.2 Å². The molecule has 1 unspecified atom stereocenters. The Hall–Kier alpha value is -0.940. The van der Waals surface area contributed by atoms with E-state index in [0.717, 1.165) is 19.4 Å². The molecule has 0 aliphatic carbocycles.